The number of allylic oxidation sites excluding steroid dienone is 3. The number of halogens is 1. The molecule has 0 amide bonds. The van der Waals surface area contributed by atoms with Crippen molar-refractivity contribution in [2.24, 2.45) is 0 Å². The van der Waals surface area contributed by atoms with Crippen molar-refractivity contribution >= 4 is 24.2 Å². The second kappa shape index (κ2) is 4.62. The Kier molecular flexibility index (Phi) is 3.46. The molecule has 0 aromatic heterocycles. The summed E-state index contributed by atoms with van der Waals surface area (Å²) in [6.45, 7) is 0. The van der Waals surface area contributed by atoms with Crippen LogP contribution in [0.5, 0.6) is 0 Å². The van der Waals surface area contributed by atoms with Crippen molar-refractivity contribution in [2.45, 2.75) is 6.10 Å². The fraction of sp³-hybridized carbons (Fsp3) is 0.111. The van der Waals surface area contributed by atoms with E-state index in [9.17, 15) is 9.59 Å². The zero-order valence-corrected chi connectivity index (χ0v) is 7.40. The van der Waals surface area contributed by atoms with Crippen molar-refractivity contribution in [3.05, 3.63) is 35.1 Å². The summed E-state index contributed by atoms with van der Waals surface area (Å²) in [5.74, 6) is 0. The summed E-state index contributed by atoms with van der Waals surface area (Å²) in [7, 11) is 0. The Labute approximate surface area is 80.3 Å². The number of carbonyl (C=O) groups is 2. The highest BCUT2D eigenvalue weighted by Crippen LogP contribution is 2.16. The van der Waals surface area contributed by atoms with E-state index in [1.165, 1.54) is 6.26 Å². The van der Waals surface area contributed by atoms with Crippen molar-refractivity contribution in [1.29, 1.82) is 0 Å². The van der Waals surface area contributed by atoms with Crippen molar-refractivity contribution < 1.29 is 14.3 Å². The first kappa shape index (κ1) is 9.74. The minimum Gasteiger partial charge on any atom is -0.489 e. The molecule has 1 unspecified atom stereocenters. The van der Waals surface area contributed by atoms with Crippen LogP contribution in [-0.4, -0.2) is 18.7 Å². The Bertz CT molecular complexity index is 302. The van der Waals surface area contributed by atoms with Gasteiger partial charge in [0.25, 0.3) is 0 Å². The fourth-order valence-electron chi connectivity index (χ4n) is 0.890. The van der Waals surface area contributed by atoms with Crippen molar-refractivity contribution in [3.8, 4) is 0 Å². The van der Waals surface area contributed by atoms with Gasteiger partial charge in [0.05, 0.1) is 16.9 Å². The molecule has 0 N–H and O–H groups in total. The van der Waals surface area contributed by atoms with Gasteiger partial charge in [-0.15, -0.1) is 0 Å². The molecular formula is C9H7ClO3. The first-order valence-electron chi connectivity index (χ1n) is 3.58. The van der Waals surface area contributed by atoms with Crippen LogP contribution in [0, 0.1) is 0 Å². The molecule has 0 aliphatic carbocycles. The van der Waals surface area contributed by atoms with Crippen LogP contribution in [-0.2, 0) is 14.3 Å². The van der Waals surface area contributed by atoms with Gasteiger partial charge in [-0.25, -0.2) is 0 Å². The molecule has 0 aromatic carbocycles. The minimum absolute atomic E-state index is 0.125. The average molecular weight is 199 g/mol. The lowest BCUT2D eigenvalue weighted by Gasteiger charge is -2.14. The maximum Gasteiger partial charge on any atom is 0.161 e. The normalized spacial score (nSPS) is 21.8. The maximum atomic E-state index is 10.6. The molecule has 0 bridgehead atoms. The second-order valence-corrected chi connectivity index (χ2v) is 2.72. The summed E-state index contributed by atoms with van der Waals surface area (Å²) in [6.07, 6.45) is 6.84. The molecular weight excluding hydrogens is 192 g/mol. The Morgan fingerprint density at radius 3 is 2.54 bits per heavy atom. The maximum absolute atomic E-state index is 10.6. The lowest BCUT2D eigenvalue weighted by atomic mass is 10.1. The molecule has 0 saturated carbocycles. The zero-order valence-electron chi connectivity index (χ0n) is 6.64. The van der Waals surface area contributed by atoms with E-state index in [1.54, 1.807) is 18.2 Å². The van der Waals surface area contributed by atoms with Gasteiger partial charge in [-0.2, -0.15) is 0 Å². The molecule has 1 atom stereocenters. The Morgan fingerprint density at radius 1 is 1.31 bits per heavy atom. The monoisotopic (exact) mass is 198 g/mol. The standard InChI is InChI=1S/C9H7ClO3/c10-8(6-12)7(5-11)9-3-1-2-4-13-9/h1-6,9H/b8-7-. The highest BCUT2D eigenvalue weighted by Gasteiger charge is 2.15. The van der Waals surface area contributed by atoms with Gasteiger partial charge < -0.3 is 4.74 Å². The molecule has 0 saturated heterocycles. The number of aldehydes is 2. The predicted octanol–water partition coefficient (Wildman–Crippen LogP) is 1.35. The van der Waals surface area contributed by atoms with Gasteiger partial charge in [-0.05, 0) is 12.2 Å². The summed E-state index contributed by atoms with van der Waals surface area (Å²) in [5, 5.41) is -0.125. The summed E-state index contributed by atoms with van der Waals surface area (Å²) < 4.78 is 5.05. The number of ether oxygens (including phenoxy) is 1. The van der Waals surface area contributed by atoms with Gasteiger partial charge in [-0.1, -0.05) is 17.7 Å². The average Bonchev–Trinajstić information content (AvgIpc) is 2.20. The molecule has 0 aromatic rings. The number of hydrogen-bond acceptors (Lipinski definition) is 3. The first-order chi connectivity index (χ1) is 6.29. The molecule has 1 heterocycles. The first-order valence-corrected chi connectivity index (χ1v) is 3.96. The van der Waals surface area contributed by atoms with Crippen molar-refractivity contribution in [2.75, 3.05) is 0 Å². The molecule has 1 rings (SSSR count). The molecule has 0 fully saturated rings. The molecule has 0 spiro atoms. The smallest absolute Gasteiger partial charge is 0.161 e. The van der Waals surface area contributed by atoms with Gasteiger partial charge in [0.1, 0.15) is 6.10 Å². The SMILES string of the molecule is O=C/C(Cl)=C(\C=O)C1C=CC=CO1. The van der Waals surface area contributed by atoms with Crippen LogP contribution in [0.25, 0.3) is 0 Å². The van der Waals surface area contributed by atoms with E-state index < -0.39 is 6.10 Å². The van der Waals surface area contributed by atoms with Crippen LogP contribution in [0.3, 0.4) is 0 Å². The van der Waals surface area contributed by atoms with Crippen molar-refractivity contribution in [1.82, 2.24) is 0 Å². The Hall–Kier alpha value is -1.35. The van der Waals surface area contributed by atoms with Gasteiger partial charge in [0.2, 0.25) is 0 Å². The van der Waals surface area contributed by atoms with Gasteiger partial charge in [-0.3, -0.25) is 9.59 Å². The molecule has 68 valence electrons. The van der Waals surface area contributed by atoms with Crippen LogP contribution >= 0.6 is 11.6 Å². The summed E-state index contributed by atoms with van der Waals surface area (Å²) in [4.78, 5) is 20.9. The van der Waals surface area contributed by atoms with E-state index in [0.717, 1.165) is 0 Å². The number of rotatable bonds is 3. The van der Waals surface area contributed by atoms with E-state index in [4.69, 9.17) is 16.3 Å². The predicted molar refractivity (Wildman–Crippen MR) is 48.2 cm³/mol. The molecule has 4 heteroatoms. The second-order valence-electron chi connectivity index (χ2n) is 2.31. The summed E-state index contributed by atoms with van der Waals surface area (Å²) >= 11 is 5.51. The summed E-state index contributed by atoms with van der Waals surface area (Å²) in [6, 6.07) is 0. The zero-order chi connectivity index (χ0) is 9.68. The van der Waals surface area contributed by atoms with E-state index >= 15 is 0 Å². The highest BCUT2D eigenvalue weighted by atomic mass is 35.5. The van der Waals surface area contributed by atoms with Gasteiger partial charge in [0.15, 0.2) is 12.6 Å². The van der Waals surface area contributed by atoms with Crippen LogP contribution in [0.2, 0.25) is 0 Å². The van der Waals surface area contributed by atoms with E-state index in [-0.39, 0.29) is 10.6 Å². The third-order valence-electron chi connectivity index (χ3n) is 1.51. The van der Waals surface area contributed by atoms with Crippen LogP contribution in [0.4, 0.5) is 0 Å². The topological polar surface area (TPSA) is 43.4 Å². The highest BCUT2D eigenvalue weighted by molar-refractivity contribution is 6.40. The molecule has 3 nitrogen and oxygen atoms in total. The van der Waals surface area contributed by atoms with Crippen LogP contribution < -0.4 is 0 Å². The van der Waals surface area contributed by atoms with E-state index in [2.05, 4.69) is 0 Å². The Morgan fingerprint density at radius 2 is 2.08 bits per heavy atom. The van der Waals surface area contributed by atoms with Gasteiger partial charge in [0, 0.05) is 0 Å². The fourth-order valence-corrected chi connectivity index (χ4v) is 1.04. The number of carbonyl (C=O) groups excluding carboxylic acids is 2. The lowest BCUT2D eigenvalue weighted by Crippen LogP contribution is -2.14. The lowest BCUT2D eigenvalue weighted by molar-refractivity contribution is -0.107. The largest absolute Gasteiger partial charge is 0.489 e. The summed E-state index contributed by atoms with van der Waals surface area (Å²) in [5.41, 5.74) is 0.136. The van der Waals surface area contributed by atoms with Gasteiger partial charge >= 0.3 is 0 Å². The van der Waals surface area contributed by atoms with E-state index in [1.807, 2.05) is 0 Å². The van der Waals surface area contributed by atoms with Crippen LogP contribution in [0.1, 0.15) is 0 Å². The molecule has 1 aliphatic rings. The minimum atomic E-state index is -0.555. The quantitative estimate of drug-likeness (QED) is 0.508. The molecule has 13 heavy (non-hydrogen) atoms. The van der Waals surface area contributed by atoms with Crippen molar-refractivity contribution in [3.63, 3.8) is 0 Å². The molecule has 0 radical (unpaired) electrons. The third-order valence-corrected chi connectivity index (χ3v) is 1.82. The molecule has 1 aliphatic heterocycles. The number of hydrogen-bond donors (Lipinski definition) is 0. The Balaban J connectivity index is 2.90. The van der Waals surface area contributed by atoms with E-state index in [0.29, 0.717) is 12.6 Å². The third kappa shape index (κ3) is 2.29. The van der Waals surface area contributed by atoms with Crippen LogP contribution in [0.15, 0.2) is 35.1 Å².